The first kappa shape index (κ1) is 11.8. The molecule has 0 unspecified atom stereocenters. The number of benzene rings is 1. The van der Waals surface area contributed by atoms with Crippen molar-refractivity contribution in [1.82, 2.24) is 15.2 Å². The topological polar surface area (TPSA) is 64.7 Å². The molecule has 0 saturated heterocycles. The van der Waals surface area contributed by atoms with Crippen LogP contribution in [-0.2, 0) is 0 Å². The molecule has 2 aromatic heterocycles. The zero-order valence-electron chi connectivity index (χ0n) is 9.64. The van der Waals surface area contributed by atoms with E-state index in [1.165, 1.54) is 6.07 Å². The number of nitrogen functional groups attached to an aromatic ring is 1. The van der Waals surface area contributed by atoms with Crippen LogP contribution in [0.5, 0.6) is 0 Å². The van der Waals surface area contributed by atoms with Crippen LogP contribution >= 0.6 is 11.6 Å². The third-order valence-corrected chi connectivity index (χ3v) is 3.03. The fourth-order valence-electron chi connectivity index (χ4n) is 1.90. The summed E-state index contributed by atoms with van der Waals surface area (Å²) in [4.78, 5) is 4.02. The number of rotatable bonds is 1. The predicted octanol–water partition coefficient (Wildman–Crippen LogP) is 3.07. The van der Waals surface area contributed by atoms with Crippen molar-refractivity contribution < 1.29 is 4.39 Å². The number of fused-ring (bicyclic) bond motifs is 1. The standard InChI is InChI=1S/C13H8ClFN4/c14-7-1-2-9(11(15)5-7)12-10-6-17-4-3-8(10)13(16)19-18-12/h1-6H,(H2,16,19). The molecule has 0 fully saturated rings. The summed E-state index contributed by atoms with van der Waals surface area (Å²) in [7, 11) is 0. The number of pyridine rings is 1. The number of halogens is 2. The smallest absolute Gasteiger partial charge is 0.154 e. The summed E-state index contributed by atoms with van der Waals surface area (Å²) in [5, 5.41) is 9.48. The summed E-state index contributed by atoms with van der Waals surface area (Å²) in [6, 6.07) is 6.11. The second-order valence-corrected chi connectivity index (χ2v) is 4.42. The van der Waals surface area contributed by atoms with Gasteiger partial charge in [-0.1, -0.05) is 11.6 Å². The Kier molecular flexibility index (Phi) is 2.76. The van der Waals surface area contributed by atoms with Crippen molar-refractivity contribution in [2.45, 2.75) is 0 Å². The van der Waals surface area contributed by atoms with Crippen molar-refractivity contribution >= 4 is 28.2 Å². The van der Waals surface area contributed by atoms with Crippen LogP contribution in [0.15, 0.2) is 36.7 Å². The zero-order valence-corrected chi connectivity index (χ0v) is 10.4. The van der Waals surface area contributed by atoms with Gasteiger partial charge in [-0.3, -0.25) is 4.98 Å². The maximum absolute atomic E-state index is 14.0. The van der Waals surface area contributed by atoms with E-state index in [0.29, 0.717) is 27.1 Å². The van der Waals surface area contributed by atoms with Crippen LogP contribution < -0.4 is 5.73 Å². The summed E-state index contributed by atoms with van der Waals surface area (Å²) in [6.45, 7) is 0. The van der Waals surface area contributed by atoms with Gasteiger partial charge in [0.05, 0.1) is 0 Å². The van der Waals surface area contributed by atoms with Crippen molar-refractivity contribution in [2.24, 2.45) is 0 Å². The Hall–Kier alpha value is -2.27. The van der Waals surface area contributed by atoms with Gasteiger partial charge in [0.2, 0.25) is 0 Å². The second kappa shape index (κ2) is 4.44. The van der Waals surface area contributed by atoms with E-state index in [1.807, 2.05) is 0 Å². The van der Waals surface area contributed by atoms with Gasteiger partial charge in [-0.05, 0) is 24.3 Å². The fourth-order valence-corrected chi connectivity index (χ4v) is 2.06. The Labute approximate surface area is 113 Å². The lowest BCUT2D eigenvalue weighted by Crippen LogP contribution is -1.99. The molecule has 0 bridgehead atoms. The molecule has 0 amide bonds. The van der Waals surface area contributed by atoms with Gasteiger partial charge in [-0.25, -0.2) is 4.39 Å². The van der Waals surface area contributed by atoms with E-state index in [4.69, 9.17) is 17.3 Å². The lowest BCUT2D eigenvalue weighted by atomic mass is 10.1. The SMILES string of the molecule is Nc1nnc(-c2ccc(Cl)cc2F)c2cnccc12. The molecule has 2 heterocycles. The maximum atomic E-state index is 14.0. The summed E-state index contributed by atoms with van der Waals surface area (Å²) in [5.41, 5.74) is 6.46. The maximum Gasteiger partial charge on any atom is 0.154 e. The van der Waals surface area contributed by atoms with Gasteiger partial charge >= 0.3 is 0 Å². The van der Waals surface area contributed by atoms with Crippen molar-refractivity contribution in [1.29, 1.82) is 0 Å². The van der Waals surface area contributed by atoms with Crippen LogP contribution in [-0.4, -0.2) is 15.2 Å². The molecule has 3 aromatic rings. The third-order valence-electron chi connectivity index (χ3n) is 2.80. The molecule has 0 atom stereocenters. The predicted molar refractivity (Wildman–Crippen MR) is 72.1 cm³/mol. The van der Waals surface area contributed by atoms with Crippen molar-refractivity contribution in [2.75, 3.05) is 5.73 Å². The van der Waals surface area contributed by atoms with Gasteiger partial charge in [0, 0.05) is 33.8 Å². The Bertz CT molecular complexity index is 776. The molecule has 3 rings (SSSR count). The molecular formula is C13H8ClFN4. The number of anilines is 1. The lowest BCUT2D eigenvalue weighted by molar-refractivity contribution is 0.630. The molecule has 19 heavy (non-hydrogen) atoms. The van der Waals surface area contributed by atoms with Crippen LogP contribution in [0.25, 0.3) is 22.0 Å². The minimum Gasteiger partial charge on any atom is -0.382 e. The summed E-state index contributed by atoms with van der Waals surface area (Å²) in [6.07, 6.45) is 3.19. The first-order valence-electron chi connectivity index (χ1n) is 5.48. The average Bonchev–Trinajstić information content (AvgIpc) is 2.41. The summed E-state index contributed by atoms with van der Waals surface area (Å²) < 4.78 is 14.0. The van der Waals surface area contributed by atoms with E-state index in [-0.39, 0.29) is 5.82 Å². The number of nitrogens with zero attached hydrogens (tertiary/aromatic N) is 3. The van der Waals surface area contributed by atoms with Crippen LogP contribution in [0.4, 0.5) is 10.2 Å². The highest BCUT2D eigenvalue weighted by atomic mass is 35.5. The zero-order chi connectivity index (χ0) is 13.4. The van der Waals surface area contributed by atoms with Crippen molar-refractivity contribution in [3.05, 3.63) is 47.5 Å². The number of nitrogens with two attached hydrogens (primary N) is 1. The van der Waals surface area contributed by atoms with Gasteiger partial charge in [-0.2, -0.15) is 0 Å². The Balaban J connectivity index is 2.34. The Morgan fingerprint density at radius 3 is 2.74 bits per heavy atom. The molecule has 0 aliphatic rings. The molecule has 6 heteroatoms. The van der Waals surface area contributed by atoms with E-state index < -0.39 is 5.82 Å². The van der Waals surface area contributed by atoms with E-state index >= 15 is 0 Å². The Morgan fingerprint density at radius 1 is 1.11 bits per heavy atom. The van der Waals surface area contributed by atoms with Crippen molar-refractivity contribution in [3.63, 3.8) is 0 Å². The molecule has 0 spiro atoms. The molecule has 0 radical (unpaired) electrons. The highest BCUT2D eigenvalue weighted by molar-refractivity contribution is 6.30. The molecule has 4 nitrogen and oxygen atoms in total. The molecule has 0 aliphatic heterocycles. The molecule has 2 N–H and O–H groups in total. The normalized spacial score (nSPS) is 10.8. The van der Waals surface area contributed by atoms with Crippen LogP contribution in [0.3, 0.4) is 0 Å². The van der Waals surface area contributed by atoms with Gasteiger partial charge < -0.3 is 5.73 Å². The van der Waals surface area contributed by atoms with E-state index in [9.17, 15) is 4.39 Å². The first-order valence-corrected chi connectivity index (χ1v) is 5.86. The summed E-state index contributed by atoms with van der Waals surface area (Å²) >= 11 is 5.74. The third kappa shape index (κ3) is 1.98. The average molecular weight is 275 g/mol. The summed E-state index contributed by atoms with van der Waals surface area (Å²) in [5.74, 6) is -0.174. The molecule has 0 aliphatic carbocycles. The van der Waals surface area contributed by atoms with Gasteiger partial charge in [0.1, 0.15) is 11.5 Å². The molecular weight excluding hydrogens is 267 g/mol. The number of aromatic nitrogens is 3. The van der Waals surface area contributed by atoms with Crippen LogP contribution in [0.1, 0.15) is 0 Å². The highest BCUT2D eigenvalue weighted by Crippen LogP contribution is 2.30. The van der Waals surface area contributed by atoms with Crippen LogP contribution in [0, 0.1) is 5.82 Å². The fraction of sp³-hybridized carbons (Fsp3) is 0. The van der Waals surface area contributed by atoms with E-state index in [2.05, 4.69) is 15.2 Å². The largest absolute Gasteiger partial charge is 0.382 e. The number of hydrogen-bond acceptors (Lipinski definition) is 4. The minimum atomic E-state index is -0.461. The quantitative estimate of drug-likeness (QED) is 0.741. The van der Waals surface area contributed by atoms with Gasteiger partial charge in [-0.15, -0.1) is 10.2 Å². The van der Waals surface area contributed by atoms with Crippen LogP contribution in [0.2, 0.25) is 5.02 Å². The molecule has 0 saturated carbocycles. The van der Waals surface area contributed by atoms with Gasteiger partial charge in [0.25, 0.3) is 0 Å². The van der Waals surface area contributed by atoms with Crippen molar-refractivity contribution in [3.8, 4) is 11.3 Å². The molecule has 1 aromatic carbocycles. The second-order valence-electron chi connectivity index (χ2n) is 3.98. The van der Waals surface area contributed by atoms with E-state index in [1.54, 1.807) is 30.6 Å². The minimum absolute atomic E-state index is 0.288. The van der Waals surface area contributed by atoms with Gasteiger partial charge in [0.15, 0.2) is 5.82 Å². The van der Waals surface area contributed by atoms with E-state index in [0.717, 1.165) is 0 Å². The monoisotopic (exact) mass is 274 g/mol. The Morgan fingerprint density at radius 2 is 1.95 bits per heavy atom. The highest BCUT2D eigenvalue weighted by Gasteiger charge is 2.13. The first-order chi connectivity index (χ1) is 9.16. The lowest BCUT2D eigenvalue weighted by Gasteiger charge is -2.07. The number of hydrogen-bond donors (Lipinski definition) is 1. The molecule has 94 valence electrons.